The average molecular weight is 311 g/mol. The number of nitrogens with zero attached hydrogens (tertiary/aromatic N) is 1. The van der Waals surface area contributed by atoms with E-state index in [1.807, 2.05) is 31.1 Å². The van der Waals surface area contributed by atoms with Crippen molar-refractivity contribution in [2.45, 2.75) is 36.7 Å². The molecule has 1 aliphatic rings. The molecule has 0 heterocycles. The van der Waals surface area contributed by atoms with Gasteiger partial charge in [0, 0.05) is 12.6 Å². The van der Waals surface area contributed by atoms with E-state index >= 15 is 0 Å². The Morgan fingerprint density at radius 1 is 1.24 bits per heavy atom. The normalized spacial score (nSPS) is 22.9. The second kappa shape index (κ2) is 6.87. The third-order valence-electron chi connectivity index (χ3n) is 4.00. The van der Waals surface area contributed by atoms with Crippen molar-refractivity contribution in [3.63, 3.8) is 0 Å². The fourth-order valence-electron chi connectivity index (χ4n) is 2.88. The van der Waals surface area contributed by atoms with Gasteiger partial charge in [0.15, 0.2) is 0 Å². The molecule has 0 aromatic heterocycles. The van der Waals surface area contributed by atoms with Crippen molar-refractivity contribution in [2.75, 3.05) is 20.6 Å². The van der Waals surface area contributed by atoms with E-state index in [0.717, 1.165) is 31.4 Å². The van der Waals surface area contributed by atoms with Gasteiger partial charge in [-0.1, -0.05) is 18.6 Å². The lowest BCUT2D eigenvalue weighted by Crippen LogP contribution is -2.39. The van der Waals surface area contributed by atoms with Gasteiger partial charge in [0.25, 0.3) is 0 Å². The van der Waals surface area contributed by atoms with Crippen molar-refractivity contribution < 1.29 is 8.42 Å². The van der Waals surface area contributed by atoms with E-state index in [1.54, 1.807) is 12.1 Å². The molecule has 1 aromatic rings. The van der Waals surface area contributed by atoms with Crippen LogP contribution in [0.4, 0.5) is 0 Å². The van der Waals surface area contributed by atoms with Crippen LogP contribution in [0.5, 0.6) is 0 Å². The number of nitrogens with one attached hydrogen (secondary N) is 1. The molecule has 0 saturated heterocycles. The predicted molar refractivity (Wildman–Crippen MR) is 84.3 cm³/mol. The van der Waals surface area contributed by atoms with Crippen LogP contribution in [0.2, 0.25) is 0 Å². The second-order valence-electron chi connectivity index (χ2n) is 6.04. The molecule has 0 unspecified atom stereocenters. The van der Waals surface area contributed by atoms with E-state index < -0.39 is 10.0 Å². The summed E-state index contributed by atoms with van der Waals surface area (Å²) in [7, 11) is 0.520. The first-order valence-corrected chi connectivity index (χ1v) is 8.87. The van der Waals surface area contributed by atoms with Crippen molar-refractivity contribution >= 4 is 10.0 Å². The number of rotatable bonds is 6. The Morgan fingerprint density at radius 3 is 2.48 bits per heavy atom. The van der Waals surface area contributed by atoms with Crippen molar-refractivity contribution in [1.29, 1.82) is 0 Å². The van der Waals surface area contributed by atoms with Crippen LogP contribution in [0.3, 0.4) is 0 Å². The lowest BCUT2D eigenvalue weighted by atomic mass is 10.1. The SMILES string of the molecule is CN(C)Cc1ccc(S(=O)(=O)N[C@H]2CCC[C@@H]2CN)cc1. The Labute approximate surface area is 127 Å². The highest BCUT2D eigenvalue weighted by molar-refractivity contribution is 7.89. The first-order chi connectivity index (χ1) is 9.92. The zero-order chi connectivity index (χ0) is 15.5. The Morgan fingerprint density at radius 2 is 1.90 bits per heavy atom. The summed E-state index contributed by atoms with van der Waals surface area (Å²) in [5.41, 5.74) is 6.81. The molecule has 118 valence electrons. The zero-order valence-corrected chi connectivity index (χ0v) is 13.6. The molecular formula is C15H25N3O2S. The fourth-order valence-corrected chi connectivity index (χ4v) is 4.22. The quantitative estimate of drug-likeness (QED) is 0.826. The molecule has 5 nitrogen and oxygen atoms in total. The standard InChI is InChI=1S/C15H25N3O2S/c1-18(2)11-12-6-8-14(9-7-12)21(19,20)17-15-5-3-4-13(15)10-16/h6-9,13,15,17H,3-5,10-11,16H2,1-2H3/t13-,15+/m1/s1. The van der Waals surface area contributed by atoms with E-state index in [4.69, 9.17) is 5.73 Å². The minimum absolute atomic E-state index is 0.0264. The molecule has 1 aliphatic carbocycles. The zero-order valence-electron chi connectivity index (χ0n) is 12.7. The molecule has 0 bridgehead atoms. The fraction of sp³-hybridized carbons (Fsp3) is 0.600. The van der Waals surface area contributed by atoms with Gasteiger partial charge in [-0.2, -0.15) is 0 Å². The van der Waals surface area contributed by atoms with Gasteiger partial charge in [-0.15, -0.1) is 0 Å². The number of nitrogens with two attached hydrogens (primary N) is 1. The molecule has 1 fully saturated rings. The Hall–Kier alpha value is -0.950. The van der Waals surface area contributed by atoms with Gasteiger partial charge in [0.05, 0.1) is 4.90 Å². The summed E-state index contributed by atoms with van der Waals surface area (Å²) in [5, 5.41) is 0. The molecule has 0 aliphatic heterocycles. The average Bonchev–Trinajstić information content (AvgIpc) is 2.85. The van der Waals surface area contributed by atoms with E-state index in [0.29, 0.717) is 11.4 Å². The van der Waals surface area contributed by atoms with Crippen molar-refractivity contribution in [2.24, 2.45) is 11.7 Å². The second-order valence-corrected chi connectivity index (χ2v) is 7.75. The maximum absolute atomic E-state index is 12.4. The van der Waals surface area contributed by atoms with Gasteiger partial charge < -0.3 is 10.6 Å². The number of hydrogen-bond donors (Lipinski definition) is 2. The first-order valence-electron chi connectivity index (χ1n) is 7.38. The van der Waals surface area contributed by atoms with Gasteiger partial charge in [0.1, 0.15) is 0 Å². The molecule has 1 aromatic carbocycles. The van der Waals surface area contributed by atoms with Crippen LogP contribution in [0, 0.1) is 5.92 Å². The largest absolute Gasteiger partial charge is 0.330 e. The maximum atomic E-state index is 12.4. The highest BCUT2D eigenvalue weighted by Crippen LogP contribution is 2.26. The summed E-state index contributed by atoms with van der Waals surface area (Å²) in [6.45, 7) is 1.33. The van der Waals surface area contributed by atoms with Crippen molar-refractivity contribution in [3.8, 4) is 0 Å². The molecule has 0 amide bonds. The van der Waals surface area contributed by atoms with Crippen LogP contribution in [0.1, 0.15) is 24.8 Å². The van der Waals surface area contributed by atoms with Gasteiger partial charge in [-0.3, -0.25) is 0 Å². The summed E-state index contributed by atoms with van der Waals surface area (Å²) in [6.07, 6.45) is 2.92. The highest BCUT2D eigenvalue weighted by Gasteiger charge is 2.30. The van der Waals surface area contributed by atoms with Crippen molar-refractivity contribution in [3.05, 3.63) is 29.8 Å². The third-order valence-corrected chi connectivity index (χ3v) is 5.51. The van der Waals surface area contributed by atoms with Crippen LogP contribution in [-0.2, 0) is 16.6 Å². The van der Waals surface area contributed by atoms with Crippen LogP contribution < -0.4 is 10.5 Å². The van der Waals surface area contributed by atoms with Gasteiger partial charge >= 0.3 is 0 Å². The van der Waals surface area contributed by atoms with E-state index in [2.05, 4.69) is 4.72 Å². The highest BCUT2D eigenvalue weighted by atomic mass is 32.2. The van der Waals surface area contributed by atoms with Gasteiger partial charge in [-0.25, -0.2) is 13.1 Å². The lowest BCUT2D eigenvalue weighted by molar-refractivity contribution is 0.402. The Balaban J connectivity index is 2.08. The summed E-state index contributed by atoms with van der Waals surface area (Å²) in [5.74, 6) is 0.257. The smallest absolute Gasteiger partial charge is 0.240 e. The van der Waals surface area contributed by atoms with E-state index in [1.165, 1.54) is 0 Å². The van der Waals surface area contributed by atoms with Crippen LogP contribution in [-0.4, -0.2) is 40.0 Å². The van der Waals surface area contributed by atoms with Gasteiger partial charge in [0.2, 0.25) is 10.0 Å². The van der Waals surface area contributed by atoms with Crippen molar-refractivity contribution in [1.82, 2.24) is 9.62 Å². The molecule has 3 N–H and O–H groups in total. The third kappa shape index (κ3) is 4.26. The molecule has 0 radical (unpaired) electrons. The van der Waals surface area contributed by atoms with Gasteiger partial charge in [-0.05, 0) is 57.1 Å². The topological polar surface area (TPSA) is 75.4 Å². The summed E-state index contributed by atoms with van der Waals surface area (Å²) in [4.78, 5) is 2.37. The molecule has 0 spiro atoms. The number of hydrogen-bond acceptors (Lipinski definition) is 4. The summed E-state index contributed by atoms with van der Waals surface area (Å²) < 4.78 is 27.7. The van der Waals surface area contributed by atoms with E-state index in [9.17, 15) is 8.42 Å². The number of benzene rings is 1. The van der Waals surface area contributed by atoms with Crippen LogP contribution in [0.15, 0.2) is 29.2 Å². The molecular weight excluding hydrogens is 286 g/mol. The van der Waals surface area contributed by atoms with E-state index in [-0.39, 0.29) is 12.0 Å². The molecule has 1 saturated carbocycles. The monoisotopic (exact) mass is 311 g/mol. The maximum Gasteiger partial charge on any atom is 0.240 e. The van der Waals surface area contributed by atoms with Crippen LogP contribution in [0.25, 0.3) is 0 Å². The Bertz CT molecular complexity index is 555. The predicted octanol–water partition coefficient (Wildman–Crippen LogP) is 1.15. The number of sulfonamides is 1. The Kier molecular flexibility index (Phi) is 5.37. The summed E-state index contributed by atoms with van der Waals surface area (Å²) >= 11 is 0. The lowest BCUT2D eigenvalue weighted by Gasteiger charge is -2.19. The van der Waals surface area contributed by atoms with Crippen LogP contribution >= 0.6 is 0 Å². The molecule has 2 atom stereocenters. The molecule has 21 heavy (non-hydrogen) atoms. The summed E-state index contributed by atoms with van der Waals surface area (Å²) in [6, 6.07) is 7.05. The first kappa shape index (κ1) is 16.4. The minimum Gasteiger partial charge on any atom is -0.330 e. The minimum atomic E-state index is -3.45. The molecule has 2 rings (SSSR count). The molecule has 6 heteroatoms.